The molecule has 0 atom stereocenters. The highest BCUT2D eigenvalue weighted by atomic mass is 79.9. The van der Waals surface area contributed by atoms with Crippen molar-refractivity contribution < 1.29 is 18.8 Å². The standard InChI is InChI=1S/C6H15BrNO3/c7-8(1-4-9,2-5-10)3-6-11/h9-11H,1-6H2/q+1. The van der Waals surface area contributed by atoms with Gasteiger partial charge in [-0.15, -0.1) is 0 Å². The molecule has 11 heavy (non-hydrogen) atoms. The lowest BCUT2D eigenvalue weighted by atomic mass is 10.4. The van der Waals surface area contributed by atoms with E-state index in [0.29, 0.717) is 23.1 Å². The predicted octanol–water partition coefficient (Wildman–Crippen LogP) is -0.910. The molecule has 0 aliphatic heterocycles. The number of quaternary nitrogens is 1. The Bertz CT molecular complexity index is 84.8. The Balaban J connectivity index is 3.79. The first-order chi connectivity index (χ1) is 5.18. The van der Waals surface area contributed by atoms with Gasteiger partial charge in [0.15, 0.2) is 0 Å². The van der Waals surface area contributed by atoms with E-state index in [9.17, 15) is 0 Å². The summed E-state index contributed by atoms with van der Waals surface area (Å²) >= 11 is 3.32. The van der Waals surface area contributed by atoms with Crippen LogP contribution in [0.5, 0.6) is 0 Å². The van der Waals surface area contributed by atoms with E-state index in [4.69, 9.17) is 15.3 Å². The molecule has 68 valence electrons. The monoisotopic (exact) mass is 228 g/mol. The molecular weight excluding hydrogens is 214 g/mol. The van der Waals surface area contributed by atoms with Crippen molar-refractivity contribution in [3.63, 3.8) is 0 Å². The minimum atomic E-state index is 0.0469. The van der Waals surface area contributed by atoms with Gasteiger partial charge in [0.2, 0.25) is 16.1 Å². The maximum Gasteiger partial charge on any atom is 0.227 e. The van der Waals surface area contributed by atoms with Crippen molar-refractivity contribution in [2.24, 2.45) is 0 Å². The minimum Gasteiger partial charge on any atom is -0.390 e. The summed E-state index contributed by atoms with van der Waals surface area (Å²) < 4.78 is 0.344. The van der Waals surface area contributed by atoms with Crippen molar-refractivity contribution in [1.82, 2.24) is 0 Å². The highest BCUT2D eigenvalue weighted by molar-refractivity contribution is 9.05. The normalized spacial score (nSPS) is 12.0. The third-order valence-electron chi connectivity index (χ3n) is 1.50. The van der Waals surface area contributed by atoms with Crippen LogP contribution in [-0.4, -0.2) is 58.3 Å². The molecule has 0 radical (unpaired) electrons. The molecule has 0 saturated heterocycles. The molecule has 0 rings (SSSR count). The van der Waals surface area contributed by atoms with Crippen LogP contribution in [0.1, 0.15) is 0 Å². The summed E-state index contributed by atoms with van der Waals surface area (Å²) in [5.41, 5.74) is 0. The molecule has 0 aliphatic carbocycles. The summed E-state index contributed by atoms with van der Waals surface area (Å²) in [7, 11) is 0. The SMILES string of the molecule is OCC[N+](Br)(CCO)CCO. The summed E-state index contributed by atoms with van der Waals surface area (Å²) in [6.45, 7) is 1.64. The van der Waals surface area contributed by atoms with Crippen LogP contribution < -0.4 is 0 Å². The van der Waals surface area contributed by atoms with Crippen molar-refractivity contribution >= 4 is 16.1 Å². The maximum atomic E-state index is 8.65. The average Bonchev–Trinajstić information content (AvgIpc) is 1.88. The largest absolute Gasteiger partial charge is 0.390 e. The molecular formula is C6H15BrNO3+. The van der Waals surface area contributed by atoms with Gasteiger partial charge in [-0.2, -0.15) is 0 Å². The highest BCUT2D eigenvalue weighted by Crippen LogP contribution is 2.12. The number of nitrogens with zero attached hydrogens (tertiary/aromatic N) is 1. The zero-order valence-electron chi connectivity index (χ0n) is 6.41. The van der Waals surface area contributed by atoms with E-state index in [0.717, 1.165) is 0 Å². The van der Waals surface area contributed by atoms with Crippen molar-refractivity contribution in [1.29, 1.82) is 0 Å². The molecule has 0 aromatic rings. The molecule has 0 bridgehead atoms. The summed E-state index contributed by atoms with van der Waals surface area (Å²) in [4.78, 5) is 0. The summed E-state index contributed by atoms with van der Waals surface area (Å²) in [6.07, 6.45) is 0. The molecule has 0 spiro atoms. The maximum absolute atomic E-state index is 8.65. The van der Waals surface area contributed by atoms with Gasteiger partial charge in [-0.3, -0.25) is 3.51 Å². The Kier molecular flexibility index (Phi) is 6.08. The first kappa shape index (κ1) is 11.3. The van der Waals surface area contributed by atoms with Gasteiger partial charge in [0.25, 0.3) is 0 Å². The van der Waals surface area contributed by atoms with Gasteiger partial charge in [-0.1, -0.05) is 0 Å². The summed E-state index contributed by atoms with van der Waals surface area (Å²) in [5.74, 6) is 0. The molecule has 0 aromatic carbocycles. The topological polar surface area (TPSA) is 60.7 Å². The molecule has 4 nitrogen and oxygen atoms in total. The third-order valence-corrected chi connectivity index (χ3v) is 2.57. The Morgan fingerprint density at radius 3 is 1.27 bits per heavy atom. The summed E-state index contributed by atoms with van der Waals surface area (Å²) in [5, 5.41) is 25.9. The number of aliphatic hydroxyl groups excluding tert-OH is 3. The Labute approximate surface area is 75.0 Å². The van der Waals surface area contributed by atoms with E-state index in [1.165, 1.54) is 0 Å². The number of halogens is 1. The van der Waals surface area contributed by atoms with Crippen LogP contribution in [0.3, 0.4) is 0 Å². The van der Waals surface area contributed by atoms with Gasteiger partial charge in [0, 0.05) is 0 Å². The molecule has 0 amide bonds. The van der Waals surface area contributed by atoms with Gasteiger partial charge in [0.05, 0.1) is 19.8 Å². The third kappa shape index (κ3) is 4.71. The van der Waals surface area contributed by atoms with Crippen LogP contribution in [0.25, 0.3) is 0 Å². The molecule has 3 N–H and O–H groups in total. The second kappa shape index (κ2) is 5.91. The van der Waals surface area contributed by atoms with Crippen molar-refractivity contribution in [2.45, 2.75) is 0 Å². The van der Waals surface area contributed by atoms with E-state index >= 15 is 0 Å². The summed E-state index contributed by atoms with van der Waals surface area (Å²) in [6, 6.07) is 0. The van der Waals surface area contributed by atoms with Crippen molar-refractivity contribution in [3.8, 4) is 0 Å². The Morgan fingerprint density at radius 1 is 0.818 bits per heavy atom. The van der Waals surface area contributed by atoms with E-state index in [2.05, 4.69) is 16.1 Å². The molecule has 0 unspecified atom stereocenters. The fourth-order valence-corrected chi connectivity index (χ4v) is 1.35. The van der Waals surface area contributed by atoms with Crippen LogP contribution in [0, 0.1) is 0 Å². The average molecular weight is 229 g/mol. The number of aliphatic hydroxyl groups is 3. The number of rotatable bonds is 6. The lowest BCUT2D eigenvalue weighted by Crippen LogP contribution is -2.44. The molecule has 0 fully saturated rings. The fraction of sp³-hybridized carbons (Fsp3) is 1.00. The van der Waals surface area contributed by atoms with Gasteiger partial charge in [-0.05, 0) is 0 Å². The number of hydrogen-bond acceptors (Lipinski definition) is 3. The molecule has 0 heterocycles. The Morgan fingerprint density at radius 2 is 1.09 bits per heavy atom. The lowest BCUT2D eigenvalue weighted by molar-refractivity contribution is -0.782. The second-order valence-corrected chi connectivity index (χ2v) is 3.88. The van der Waals surface area contributed by atoms with E-state index in [1.54, 1.807) is 0 Å². The van der Waals surface area contributed by atoms with Crippen LogP contribution in [0.15, 0.2) is 0 Å². The first-order valence-corrected chi connectivity index (χ1v) is 4.28. The van der Waals surface area contributed by atoms with Gasteiger partial charge >= 0.3 is 0 Å². The zero-order valence-corrected chi connectivity index (χ0v) is 8.00. The van der Waals surface area contributed by atoms with E-state index in [1.807, 2.05) is 0 Å². The van der Waals surface area contributed by atoms with Gasteiger partial charge < -0.3 is 15.3 Å². The molecule has 0 aromatic heterocycles. The smallest absolute Gasteiger partial charge is 0.227 e. The van der Waals surface area contributed by atoms with Crippen molar-refractivity contribution in [3.05, 3.63) is 0 Å². The zero-order chi connectivity index (χ0) is 8.74. The predicted molar refractivity (Wildman–Crippen MR) is 45.0 cm³/mol. The van der Waals surface area contributed by atoms with E-state index < -0.39 is 0 Å². The lowest BCUT2D eigenvalue weighted by Gasteiger charge is -2.27. The van der Waals surface area contributed by atoms with Crippen LogP contribution in [0.2, 0.25) is 0 Å². The van der Waals surface area contributed by atoms with Gasteiger partial charge in [0.1, 0.15) is 19.6 Å². The number of hydrogen-bond donors (Lipinski definition) is 3. The van der Waals surface area contributed by atoms with Gasteiger partial charge in [-0.25, -0.2) is 0 Å². The molecule has 0 saturated carbocycles. The molecule has 5 heteroatoms. The van der Waals surface area contributed by atoms with Crippen LogP contribution in [0.4, 0.5) is 0 Å². The second-order valence-electron chi connectivity index (χ2n) is 2.37. The quantitative estimate of drug-likeness (QED) is 0.517. The minimum absolute atomic E-state index is 0.0469. The van der Waals surface area contributed by atoms with E-state index in [-0.39, 0.29) is 19.8 Å². The first-order valence-electron chi connectivity index (χ1n) is 3.57. The molecule has 0 aliphatic rings. The highest BCUT2D eigenvalue weighted by Gasteiger charge is 2.22. The van der Waals surface area contributed by atoms with Crippen LogP contribution >= 0.6 is 16.1 Å². The fourth-order valence-electron chi connectivity index (χ4n) is 0.873. The van der Waals surface area contributed by atoms with Crippen LogP contribution in [-0.2, 0) is 0 Å². The Hall–Kier alpha value is 0.320. The van der Waals surface area contributed by atoms with Crippen molar-refractivity contribution in [2.75, 3.05) is 39.5 Å².